The molecule has 0 aromatic rings. The Morgan fingerprint density at radius 3 is 2.70 bits per heavy atom. The Balaban J connectivity index is 3.63. The molecule has 0 aliphatic heterocycles. The molecule has 1 radical (unpaired) electrons. The summed E-state index contributed by atoms with van der Waals surface area (Å²) in [5.74, 6) is -0.315. The van der Waals surface area contributed by atoms with Gasteiger partial charge in [0.2, 0.25) is 0 Å². The molecule has 0 atom stereocenters. The Hall–Kier alpha value is -0.790. The lowest BCUT2D eigenvalue weighted by Gasteiger charge is -2.00. The van der Waals surface area contributed by atoms with Crippen molar-refractivity contribution in [3.63, 3.8) is 0 Å². The van der Waals surface area contributed by atoms with Crippen molar-refractivity contribution in [2.45, 2.75) is 20.3 Å². The molecule has 0 saturated heterocycles. The molecule has 0 amide bonds. The van der Waals surface area contributed by atoms with Crippen molar-refractivity contribution in [2.24, 2.45) is 0 Å². The second kappa shape index (κ2) is 5.03. The van der Waals surface area contributed by atoms with E-state index in [9.17, 15) is 4.79 Å². The first-order chi connectivity index (χ1) is 4.72. The van der Waals surface area contributed by atoms with Crippen molar-refractivity contribution in [1.29, 1.82) is 0 Å². The van der Waals surface area contributed by atoms with Crippen LogP contribution in [0, 0.1) is 6.92 Å². The summed E-state index contributed by atoms with van der Waals surface area (Å²) in [7, 11) is 0. The van der Waals surface area contributed by atoms with Crippen molar-refractivity contribution >= 4 is 5.97 Å². The maximum Gasteiger partial charge on any atom is 0.333 e. The molecule has 0 rings (SSSR count). The summed E-state index contributed by atoms with van der Waals surface area (Å²) in [6.45, 7) is 7.68. The van der Waals surface area contributed by atoms with Gasteiger partial charge in [-0.2, -0.15) is 0 Å². The minimum absolute atomic E-state index is 0.315. The maximum atomic E-state index is 10.8. The highest BCUT2D eigenvalue weighted by atomic mass is 16.5. The molecule has 0 N–H and O–H groups in total. The Morgan fingerprint density at radius 2 is 2.30 bits per heavy atom. The van der Waals surface area contributed by atoms with Crippen molar-refractivity contribution in [3.8, 4) is 0 Å². The van der Waals surface area contributed by atoms with E-state index in [2.05, 4.69) is 6.92 Å². The lowest BCUT2D eigenvalue weighted by molar-refractivity contribution is -0.138. The summed E-state index contributed by atoms with van der Waals surface area (Å²) in [6.07, 6.45) is 2.49. The Kier molecular flexibility index (Phi) is 4.63. The average molecular weight is 141 g/mol. The molecule has 10 heavy (non-hydrogen) atoms. The average Bonchev–Trinajstić information content (AvgIpc) is 1.98. The highest BCUT2D eigenvalue weighted by molar-refractivity contribution is 5.89. The zero-order chi connectivity index (χ0) is 7.98. The fourth-order valence-electron chi connectivity index (χ4n) is 0.405. The van der Waals surface area contributed by atoms with Crippen LogP contribution >= 0.6 is 0 Å². The molecular formula is C8H13O2. The summed E-state index contributed by atoms with van der Waals surface area (Å²) in [4.78, 5) is 10.8. The second-order valence-corrected chi connectivity index (χ2v) is 1.95. The van der Waals surface area contributed by atoms with E-state index in [0.29, 0.717) is 12.2 Å². The van der Waals surface area contributed by atoms with Gasteiger partial charge in [0.1, 0.15) is 0 Å². The quantitative estimate of drug-likeness (QED) is 0.442. The summed E-state index contributed by atoms with van der Waals surface area (Å²) < 4.78 is 4.77. The molecule has 0 bridgehead atoms. The highest BCUT2D eigenvalue weighted by Crippen LogP contribution is 1.95. The number of hydrogen-bond donors (Lipinski definition) is 0. The monoisotopic (exact) mass is 141 g/mol. The van der Waals surface area contributed by atoms with Crippen molar-refractivity contribution in [3.05, 3.63) is 18.6 Å². The molecule has 2 nitrogen and oxygen atoms in total. The van der Waals surface area contributed by atoms with Gasteiger partial charge in [0, 0.05) is 5.57 Å². The molecule has 0 aliphatic rings. The van der Waals surface area contributed by atoms with E-state index in [1.807, 2.05) is 6.92 Å². The number of carbonyl (C=O) groups excluding carboxylic acids is 1. The van der Waals surface area contributed by atoms with Gasteiger partial charge in [-0.05, 0) is 20.3 Å². The molecule has 0 fully saturated rings. The summed E-state index contributed by atoms with van der Waals surface area (Å²) >= 11 is 0. The van der Waals surface area contributed by atoms with Gasteiger partial charge in [0.25, 0.3) is 0 Å². The standard InChI is InChI=1S/C8H13O2/c1-4-6-10-8(9)7(3)5-2/h5H,3-4,6H2,1-2H3/b7-5-. The lowest BCUT2D eigenvalue weighted by atomic mass is 10.3. The highest BCUT2D eigenvalue weighted by Gasteiger charge is 2.01. The number of ether oxygens (including phenoxy) is 1. The molecule has 0 spiro atoms. The molecule has 0 aromatic carbocycles. The first-order valence-corrected chi connectivity index (χ1v) is 3.37. The van der Waals surface area contributed by atoms with Gasteiger partial charge in [-0.1, -0.05) is 13.0 Å². The van der Waals surface area contributed by atoms with E-state index in [-0.39, 0.29) is 5.97 Å². The first kappa shape index (κ1) is 9.21. The number of allylic oxidation sites excluding steroid dienone is 1. The molecule has 0 unspecified atom stereocenters. The van der Waals surface area contributed by atoms with Gasteiger partial charge in [-0.25, -0.2) is 4.79 Å². The number of carbonyl (C=O) groups is 1. The molecule has 0 heterocycles. The number of hydrogen-bond acceptors (Lipinski definition) is 2. The van der Waals surface area contributed by atoms with Crippen molar-refractivity contribution < 1.29 is 9.53 Å². The van der Waals surface area contributed by atoms with E-state index in [4.69, 9.17) is 4.74 Å². The third-order valence-corrected chi connectivity index (χ3v) is 1.05. The van der Waals surface area contributed by atoms with E-state index in [1.165, 1.54) is 0 Å². The first-order valence-electron chi connectivity index (χ1n) is 3.37. The van der Waals surface area contributed by atoms with Crippen molar-refractivity contribution in [1.82, 2.24) is 0 Å². The SMILES string of the molecule is [CH2]/C(=C/C)C(=O)OCCC. The zero-order valence-corrected chi connectivity index (χ0v) is 6.52. The molecule has 0 aromatic heterocycles. The molecule has 57 valence electrons. The van der Waals surface area contributed by atoms with Crippen LogP contribution < -0.4 is 0 Å². The fourth-order valence-corrected chi connectivity index (χ4v) is 0.405. The van der Waals surface area contributed by atoms with Gasteiger partial charge in [-0.3, -0.25) is 0 Å². The summed E-state index contributed by atoms with van der Waals surface area (Å²) in [5, 5.41) is 0. The number of rotatable bonds is 3. The fraction of sp³-hybridized carbons (Fsp3) is 0.500. The third-order valence-electron chi connectivity index (χ3n) is 1.05. The van der Waals surface area contributed by atoms with Crippen LogP contribution in [0.25, 0.3) is 0 Å². The Labute approximate surface area is 61.9 Å². The van der Waals surface area contributed by atoms with Crippen LogP contribution in [0.2, 0.25) is 0 Å². The van der Waals surface area contributed by atoms with E-state index < -0.39 is 0 Å². The topological polar surface area (TPSA) is 26.3 Å². The van der Waals surface area contributed by atoms with E-state index >= 15 is 0 Å². The van der Waals surface area contributed by atoms with Crippen LogP contribution in [0.3, 0.4) is 0 Å². The van der Waals surface area contributed by atoms with Crippen molar-refractivity contribution in [2.75, 3.05) is 6.61 Å². The maximum absolute atomic E-state index is 10.8. The molecule has 0 saturated carbocycles. The second-order valence-electron chi connectivity index (χ2n) is 1.95. The minimum Gasteiger partial charge on any atom is -0.462 e. The van der Waals surface area contributed by atoms with Crippen LogP contribution in [0.15, 0.2) is 11.6 Å². The van der Waals surface area contributed by atoms with E-state index in [0.717, 1.165) is 6.42 Å². The van der Waals surface area contributed by atoms with Crippen LogP contribution in [0.5, 0.6) is 0 Å². The Morgan fingerprint density at radius 1 is 1.70 bits per heavy atom. The smallest absolute Gasteiger partial charge is 0.333 e. The molecule has 2 heteroatoms. The third kappa shape index (κ3) is 3.28. The number of esters is 1. The predicted molar refractivity (Wildman–Crippen MR) is 40.4 cm³/mol. The van der Waals surface area contributed by atoms with Crippen LogP contribution in [0.4, 0.5) is 0 Å². The molecular weight excluding hydrogens is 128 g/mol. The largest absolute Gasteiger partial charge is 0.462 e. The summed E-state index contributed by atoms with van der Waals surface area (Å²) in [5.41, 5.74) is 0.424. The minimum atomic E-state index is -0.315. The zero-order valence-electron chi connectivity index (χ0n) is 6.52. The van der Waals surface area contributed by atoms with Gasteiger partial charge in [-0.15, -0.1) is 0 Å². The summed E-state index contributed by atoms with van der Waals surface area (Å²) in [6, 6.07) is 0. The predicted octanol–water partition coefficient (Wildman–Crippen LogP) is 1.72. The van der Waals surface area contributed by atoms with Gasteiger partial charge >= 0.3 is 5.97 Å². The van der Waals surface area contributed by atoms with Crippen LogP contribution in [0.1, 0.15) is 20.3 Å². The molecule has 0 aliphatic carbocycles. The van der Waals surface area contributed by atoms with Gasteiger partial charge in [0.05, 0.1) is 6.61 Å². The van der Waals surface area contributed by atoms with Gasteiger partial charge in [0.15, 0.2) is 0 Å². The normalized spacial score (nSPS) is 11.3. The van der Waals surface area contributed by atoms with E-state index in [1.54, 1.807) is 13.0 Å². The van der Waals surface area contributed by atoms with Crippen LogP contribution in [-0.4, -0.2) is 12.6 Å². The van der Waals surface area contributed by atoms with Crippen LogP contribution in [-0.2, 0) is 9.53 Å². The lowest BCUT2D eigenvalue weighted by Crippen LogP contribution is -2.05. The van der Waals surface area contributed by atoms with Gasteiger partial charge < -0.3 is 4.74 Å². The Bertz CT molecular complexity index is 136.